The van der Waals surface area contributed by atoms with Gasteiger partial charge in [-0.25, -0.2) is 0 Å². The summed E-state index contributed by atoms with van der Waals surface area (Å²) in [6.45, 7) is 10.8. The van der Waals surface area contributed by atoms with Gasteiger partial charge in [-0.1, -0.05) is 32.9 Å². The summed E-state index contributed by atoms with van der Waals surface area (Å²) in [5.74, 6) is 1.88. The first-order chi connectivity index (χ1) is 9.46. The molecule has 2 nitrogen and oxygen atoms in total. The topological polar surface area (TPSA) is 29.3 Å². The van der Waals surface area contributed by atoms with Crippen molar-refractivity contribution in [2.75, 3.05) is 31.1 Å². The third kappa shape index (κ3) is 4.71. The Labute approximate surface area is 128 Å². The Morgan fingerprint density at radius 1 is 1.25 bits per heavy atom. The number of nitrogens with zero attached hydrogens (tertiary/aromatic N) is 1. The van der Waals surface area contributed by atoms with Gasteiger partial charge in [0, 0.05) is 22.7 Å². The molecular formula is C17H28N2S. The normalized spacial score (nSPS) is 21.4. The molecule has 0 radical (unpaired) electrons. The molecule has 1 heterocycles. The number of nitrogen functional groups attached to an aromatic ring is 1. The van der Waals surface area contributed by atoms with Gasteiger partial charge in [0.1, 0.15) is 0 Å². The summed E-state index contributed by atoms with van der Waals surface area (Å²) in [7, 11) is 0. The molecule has 2 rings (SSSR count). The highest BCUT2D eigenvalue weighted by molar-refractivity contribution is 8.00. The summed E-state index contributed by atoms with van der Waals surface area (Å²) in [5.41, 5.74) is 8.01. The van der Waals surface area contributed by atoms with E-state index >= 15 is 0 Å². The van der Waals surface area contributed by atoms with Crippen molar-refractivity contribution in [1.82, 2.24) is 4.90 Å². The maximum Gasteiger partial charge on any atom is 0.0314 e. The Kier molecular flexibility index (Phi) is 5.39. The zero-order chi connectivity index (χ0) is 14.6. The molecule has 1 aliphatic rings. The number of hydrogen-bond acceptors (Lipinski definition) is 3. The molecule has 1 saturated heterocycles. The largest absolute Gasteiger partial charge is 0.399 e. The van der Waals surface area contributed by atoms with Gasteiger partial charge in [-0.3, -0.25) is 0 Å². The fraction of sp³-hybridized carbons (Fsp3) is 0.647. The van der Waals surface area contributed by atoms with Gasteiger partial charge in [0.2, 0.25) is 0 Å². The predicted molar refractivity (Wildman–Crippen MR) is 91.5 cm³/mol. The Bertz CT molecular complexity index is 414. The van der Waals surface area contributed by atoms with Gasteiger partial charge >= 0.3 is 0 Å². The molecule has 2 N–H and O–H groups in total. The van der Waals surface area contributed by atoms with E-state index in [2.05, 4.69) is 49.6 Å². The number of nitrogens with two attached hydrogens (primary N) is 1. The highest BCUT2D eigenvalue weighted by Gasteiger charge is 2.23. The number of thioether (sulfide) groups is 1. The molecule has 0 bridgehead atoms. The quantitative estimate of drug-likeness (QED) is 0.851. The van der Waals surface area contributed by atoms with E-state index in [4.69, 9.17) is 5.73 Å². The zero-order valence-electron chi connectivity index (χ0n) is 13.1. The smallest absolute Gasteiger partial charge is 0.0314 e. The van der Waals surface area contributed by atoms with Crippen molar-refractivity contribution >= 4 is 17.4 Å². The number of hydrogen-bond donors (Lipinski definition) is 1. The Morgan fingerprint density at radius 3 is 2.65 bits per heavy atom. The highest BCUT2D eigenvalue weighted by Crippen LogP contribution is 2.31. The lowest BCUT2D eigenvalue weighted by atomic mass is 9.97. The molecule has 0 spiro atoms. The molecular weight excluding hydrogens is 264 g/mol. The van der Waals surface area contributed by atoms with Gasteiger partial charge < -0.3 is 10.6 Å². The van der Waals surface area contributed by atoms with Crippen molar-refractivity contribution in [3.05, 3.63) is 29.8 Å². The van der Waals surface area contributed by atoms with Crippen LogP contribution in [0.15, 0.2) is 24.3 Å². The van der Waals surface area contributed by atoms with Gasteiger partial charge in [-0.2, -0.15) is 11.8 Å². The molecule has 0 aromatic heterocycles. The molecule has 1 aromatic carbocycles. The van der Waals surface area contributed by atoms with Gasteiger partial charge in [-0.05, 0) is 49.5 Å². The van der Waals surface area contributed by atoms with Gasteiger partial charge in [0.25, 0.3) is 0 Å². The average molecular weight is 292 g/mol. The first-order valence-corrected chi connectivity index (χ1v) is 8.66. The fourth-order valence-corrected chi connectivity index (χ4v) is 3.79. The van der Waals surface area contributed by atoms with E-state index in [1.54, 1.807) is 0 Å². The van der Waals surface area contributed by atoms with E-state index in [9.17, 15) is 0 Å². The summed E-state index contributed by atoms with van der Waals surface area (Å²) < 4.78 is 0.456. The van der Waals surface area contributed by atoms with Crippen molar-refractivity contribution < 1.29 is 0 Å². The van der Waals surface area contributed by atoms with Crippen LogP contribution in [0.1, 0.15) is 45.1 Å². The number of anilines is 1. The fourth-order valence-electron chi connectivity index (χ4n) is 2.65. The summed E-state index contributed by atoms with van der Waals surface area (Å²) in [6, 6.07) is 8.36. The predicted octanol–water partition coefficient (Wildman–Crippen LogP) is 3.98. The SMILES string of the molecule is CC(CCN1CCSC(C)(C)CC1)c1ccc(N)cc1. The van der Waals surface area contributed by atoms with Gasteiger partial charge in [0.05, 0.1) is 0 Å². The molecule has 1 atom stereocenters. The molecule has 3 heteroatoms. The molecule has 20 heavy (non-hydrogen) atoms. The second kappa shape index (κ2) is 6.86. The maximum absolute atomic E-state index is 5.75. The van der Waals surface area contributed by atoms with Crippen molar-refractivity contribution in [2.45, 2.75) is 44.3 Å². The van der Waals surface area contributed by atoms with Crippen LogP contribution < -0.4 is 5.73 Å². The minimum atomic E-state index is 0.456. The zero-order valence-corrected chi connectivity index (χ0v) is 13.9. The van der Waals surface area contributed by atoms with Gasteiger partial charge in [-0.15, -0.1) is 0 Å². The van der Waals surface area contributed by atoms with Crippen LogP contribution in [0.3, 0.4) is 0 Å². The summed E-state index contributed by atoms with van der Waals surface area (Å²) in [4.78, 5) is 2.63. The van der Waals surface area contributed by atoms with Crippen LogP contribution in [0.2, 0.25) is 0 Å². The van der Waals surface area contributed by atoms with Crippen LogP contribution in [0.5, 0.6) is 0 Å². The Hall–Kier alpha value is -0.670. The van der Waals surface area contributed by atoms with E-state index in [0.29, 0.717) is 10.7 Å². The van der Waals surface area contributed by atoms with Crippen LogP contribution in [0, 0.1) is 0 Å². The molecule has 1 unspecified atom stereocenters. The van der Waals surface area contributed by atoms with Crippen LogP contribution in [-0.4, -0.2) is 35.0 Å². The lowest BCUT2D eigenvalue weighted by Crippen LogP contribution is -2.29. The molecule has 1 aromatic rings. The molecule has 0 aliphatic carbocycles. The number of benzene rings is 1. The maximum atomic E-state index is 5.75. The van der Waals surface area contributed by atoms with E-state index in [-0.39, 0.29) is 0 Å². The van der Waals surface area contributed by atoms with Crippen LogP contribution in [0.25, 0.3) is 0 Å². The van der Waals surface area contributed by atoms with Crippen LogP contribution >= 0.6 is 11.8 Å². The second-order valence-electron chi connectivity index (χ2n) is 6.56. The van der Waals surface area contributed by atoms with Crippen molar-refractivity contribution in [3.63, 3.8) is 0 Å². The first kappa shape index (κ1) is 15.7. The summed E-state index contributed by atoms with van der Waals surface area (Å²) in [6.07, 6.45) is 2.53. The lowest BCUT2D eigenvalue weighted by Gasteiger charge is -2.23. The molecule has 1 fully saturated rings. The lowest BCUT2D eigenvalue weighted by molar-refractivity contribution is 0.274. The van der Waals surface area contributed by atoms with Crippen molar-refractivity contribution in [3.8, 4) is 0 Å². The number of rotatable bonds is 4. The average Bonchev–Trinajstić information content (AvgIpc) is 2.58. The van der Waals surface area contributed by atoms with Gasteiger partial charge in [0.15, 0.2) is 0 Å². The Morgan fingerprint density at radius 2 is 1.95 bits per heavy atom. The summed E-state index contributed by atoms with van der Waals surface area (Å²) in [5, 5.41) is 0. The molecule has 0 amide bonds. The van der Waals surface area contributed by atoms with Crippen LogP contribution in [-0.2, 0) is 0 Å². The van der Waals surface area contributed by atoms with Crippen LogP contribution in [0.4, 0.5) is 5.69 Å². The van der Waals surface area contributed by atoms with E-state index in [0.717, 1.165) is 5.69 Å². The monoisotopic (exact) mass is 292 g/mol. The third-order valence-corrected chi connectivity index (χ3v) is 5.69. The second-order valence-corrected chi connectivity index (χ2v) is 8.36. The molecule has 112 valence electrons. The third-order valence-electron chi connectivity index (χ3n) is 4.31. The molecule has 1 aliphatic heterocycles. The van der Waals surface area contributed by atoms with E-state index < -0.39 is 0 Å². The summed E-state index contributed by atoms with van der Waals surface area (Å²) >= 11 is 2.12. The van der Waals surface area contributed by atoms with E-state index in [1.807, 2.05) is 12.1 Å². The minimum absolute atomic E-state index is 0.456. The van der Waals surface area contributed by atoms with Crippen molar-refractivity contribution in [2.24, 2.45) is 0 Å². The van der Waals surface area contributed by atoms with Crippen molar-refractivity contribution in [1.29, 1.82) is 0 Å². The standard InChI is InChI=1S/C17H28N2S/c1-14(15-4-6-16(18)7-5-15)8-10-19-11-9-17(2,3)20-13-12-19/h4-7,14H,8-13,18H2,1-3H3. The Balaban J connectivity index is 1.81. The van der Waals surface area contributed by atoms with E-state index in [1.165, 1.54) is 43.8 Å². The highest BCUT2D eigenvalue weighted by atomic mass is 32.2. The first-order valence-electron chi connectivity index (χ1n) is 7.68. The molecule has 0 saturated carbocycles. The minimum Gasteiger partial charge on any atom is -0.399 e.